The van der Waals surface area contributed by atoms with E-state index in [1.807, 2.05) is 12.2 Å². The second kappa shape index (κ2) is 4.47. The lowest BCUT2D eigenvalue weighted by molar-refractivity contribution is 0.449. The first-order chi connectivity index (χ1) is 4.56. The van der Waals surface area contributed by atoms with Crippen LogP contribution in [0.3, 0.4) is 0 Å². The molecule has 60 valence electrons. The summed E-state index contributed by atoms with van der Waals surface area (Å²) in [6.07, 6.45) is 4.00. The van der Waals surface area contributed by atoms with E-state index in [0.29, 0.717) is 6.54 Å². The first-order valence-electron chi connectivity index (χ1n) is 3.66. The molecule has 0 radical (unpaired) electrons. The van der Waals surface area contributed by atoms with Crippen LogP contribution < -0.4 is 11.1 Å². The van der Waals surface area contributed by atoms with Gasteiger partial charge >= 0.3 is 0 Å². The normalized spacial score (nSPS) is 12.8. The Hall–Kier alpha value is -0.340. The summed E-state index contributed by atoms with van der Waals surface area (Å²) in [4.78, 5) is 0. The fraction of sp³-hybridized carbons (Fsp3) is 0.750. The largest absolute Gasteiger partial charge is 0.327 e. The molecule has 0 saturated carbocycles. The standard InChI is InChI=1S/C8H18N2/c1-8(2,3)10-7-5-4-6-9/h4-5,10H,6-7,9H2,1-3H3/b5-4+. The highest BCUT2D eigenvalue weighted by Crippen LogP contribution is 1.96. The zero-order valence-corrected chi connectivity index (χ0v) is 7.15. The van der Waals surface area contributed by atoms with Crippen LogP contribution in [0.1, 0.15) is 20.8 Å². The van der Waals surface area contributed by atoms with E-state index in [2.05, 4.69) is 26.1 Å². The number of nitrogens with one attached hydrogen (secondary N) is 1. The van der Waals surface area contributed by atoms with E-state index >= 15 is 0 Å². The second-order valence-electron chi connectivity index (χ2n) is 3.34. The van der Waals surface area contributed by atoms with Gasteiger partial charge in [0.25, 0.3) is 0 Å². The molecular formula is C8H18N2. The maximum atomic E-state index is 5.26. The molecule has 0 saturated heterocycles. The van der Waals surface area contributed by atoms with Gasteiger partial charge in [-0.2, -0.15) is 0 Å². The Morgan fingerprint density at radius 3 is 2.30 bits per heavy atom. The topological polar surface area (TPSA) is 38.0 Å². The molecule has 0 aromatic heterocycles. The minimum atomic E-state index is 0.207. The van der Waals surface area contributed by atoms with Crippen molar-refractivity contribution in [1.29, 1.82) is 0 Å². The van der Waals surface area contributed by atoms with Crippen molar-refractivity contribution in [2.24, 2.45) is 5.73 Å². The highest BCUT2D eigenvalue weighted by Gasteiger charge is 2.05. The Kier molecular flexibility index (Phi) is 4.32. The molecule has 0 aliphatic rings. The van der Waals surface area contributed by atoms with Gasteiger partial charge < -0.3 is 11.1 Å². The molecule has 0 bridgehead atoms. The van der Waals surface area contributed by atoms with Gasteiger partial charge in [0, 0.05) is 18.6 Å². The van der Waals surface area contributed by atoms with Crippen LogP contribution in [0, 0.1) is 0 Å². The average Bonchev–Trinajstić information content (AvgIpc) is 1.78. The summed E-state index contributed by atoms with van der Waals surface area (Å²) >= 11 is 0. The molecule has 0 aromatic rings. The van der Waals surface area contributed by atoms with Crippen molar-refractivity contribution in [3.63, 3.8) is 0 Å². The molecule has 0 aromatic carbocycles. The molecule has 0 fully saturated rings. The van der Waals surface area contributed by atoms with E-state index in [-0.39, 0.29) is 5.54 Å². The van der Waals surface area contributed by atoms with Gasteiger partial charge in [0.1, 0.15) is 0 Å². The molecule has 0 amide bonds. The second-order valence-corrected chi connectivity index (χ2v) is 3.34. The Morgan fingerprint density at radius 1 is 1.30 bits per heavy atom. The third-order valence-electron chi connectivity index (χ3n) is 1.05. The van der Waals surface area contributed by atoms with Gasteiger partial charge in [-0.1, -0.05) is 12.2 Å². The highest BCUT2D eigenvalue weighted by atomic mass is 14.9. The number of rotatable bonds is 3. The van der Waals surface area contributed by atoms with Crippen molar-refractivity contribution in [2.75, 3.05) is 13.1 Å². The molecular weight excluding hydrogens is 124 g/mol. The van der Waals surface area contributed by atoms with Crippen molar-refractivity contribution in [3.8, 4) is 0 Å². The molecule has 0 heterocycles. The summed E-state index contributed by atoms with van der Waals surface area (Å²) in [5, 5.41) is 3.31. The monoisotopic (exact) mass is 142 g/mol. The summed E-state index contributed by atoms with van der Waals surface area (Å²) in [5.74, 6) is 0. The summed E-state index contributed by atoms with van der Waals surface area (Å²) in [6, 6.07) is 0. The molecule has 3 N–H and O–H groups in total. The molecule has 0 rings (SSSR count). The lowest BCUT2D eigenvalue weighted by atomic mass is 10.1. The van der Waals surface area contributed by atoms with Crippen molar-refractivity contribution < 1.29 is 0 Å². The predicted octanol–water partition coefficient (Wildman–Crippen LogP) is 0.889. The lowest BCUT2D eigenvalue weighted by Crippen LogP contribution is -2.35. The molecule has 0 aliphatic heterocycles. The van der Waals surface area contributed by atoms with Crippen LogP contribution in [-0.4, -0.2) is 18.6 Å². The number of hydrogen-bond donors (Lipinski definition) is 2. The first kappa shape index (κ1) is 9.66. The van der Waals surface area contributed by atoms with Crippen molar-refractivity contribution in [2.45, 2.75) is 26.3 Å². The van der Waals surface area contributed by atoms with E-state index in [1.165, 1.54) is 0 Å². The Balaban J connectivity index is 3.28. The third kappa shape index (κ3) is 7.66. The number of nitrogens with two attached hydrogens (primary N) is 1. The summed E-state index contributed by atoms with van der Waals surface area (Å²) in [7, 11) is 0. The molecule has 2 heteroatoms. The molecule has 2 nitrogen and oxygen atoms in total. The van der Waals surface area contributed by atoms with E-state index < -0.39 is 0 Å². The van der Waals surface area contributed by atoms with Crippen LogP contribution in [0.4, 0.5) is 0 Å². The van der Waals surface area contributed by atoms with Gasteiger partial charge in [0.15, 0.2) is 0 Å². The Morgan fingerprint density at radius 2 is 1.90 bits per heavy atom. The van der Waals surface area contributed by atoms with Gasteiger partial charge in [-0.3, -0.25) is 0 Å². The zero-order valence-electron chi connectivity index (χ0n) is 7.15. The highest BCUT2D eigenvalue weighted by molar-refractivity contribution is 4.86. The van der Waals surface area contributed by atoms with Crippen LogP contribution >= 0.6 is 0 Å². The fourth-order valence-corrected chi connectivity index (χ4v) is 0.545. The molecule has 0 unspecified atom stereocenters. The summed E-state index contributed by atoms with van der Waals surface area (Å²) in [5.41, 5.74) is 5.47. The van der Waals surface area contributed by atoms with Crippen LogP contribution in [0.2, 0.25) is 0 Å². The smallest absolute Gasteiger partial charge is 0.0140 e. The fourth-order valence-electron chi connectivity index (χ4n) is 0.545. The quantitative estimate of drug-likeness (QED) is 0.574. The minimum absolute atomic E-state index is 0.207. The van der Waals surface area contributed by atoms with Crippen molar-refractivity contribution in [1.82, 2.24) is 5.32 Å². The van der Waals surface area contributed by atoms with Crippen LogP contribution in [-0.2, 0) is 0 Å². The van der Waals surface area contributed by atoms with E-state index in [4.69, 9.17) is 5.73 Å². The van der Waals surface area contributed by atoms with Gasteiger partial charge in [-0.05, 0) is 20.8 Å². The van der Waals surface area contributed by atoms with Crippen LogP contribution in [0.5, 0.6) is 0 Å². The van der Waals surface area contributed by atoms with Crippen LogP contribution in [0.25, 0.3) is 0 Å². The maximum Gasteiger partial charge on any atom is 0.0140 e. The van der Waals surface area contributed by atoms with E-state index in [1.54, 1.807) is 0 Å². The van der Waals surface area contributed by atoms with Gasteiger partial charge in [0.2, 0.25) is 0 Å². The zero-order chi connectivity index (χ0) is 8.04. The lowest BCUT2D eigenvalue weighted by Gasteiger charge is -2.18. The first-order valence-corrected chi connectivity index (χ1v) is 3.66. The van der Waals surface area contributed by atoms with Crippen molar-refractivity contribution in [3.05, 3.63) is 12.2 Å². The van der Waals surface area contributed by atoms with E-state index in [9.17, 15) is 0 Å². The van der Waals surface area contributed by atoms with Crippen molar-refractivity contribution >= 4 is 0 Å². The maximum absolute atomic E-state index is 5.26. The van der Waals surface area contributed by atoms with Gasteiger partial charge in [-0.25, -0.2) is 0 Å². The summed E-state index contributed by atoms with van der Waals surface area (Å²) < 4.78 is 0. The average molecular weight is 142 g/mol. The summed E-state index contributed by atoms with van der Waals surface area (Å²) in [6.45, 7) is 7.96. The predicted molar refractivity (Wildman–Crippen MR) is 46.0 cm³/mol. The van der Waals surface area contributed by atoms with Gasteiger partial charge in [0.05, 0.1) is 0 Å². The SMILES string of the molecule is CC(C)(C)NC/C=C/CN. The molecule has 10 heavy (non-hydrogen) atoms. The molecule has 0 aliphatic carbocycles. The molecule has 0 atom stereocenters. The van der Waals surface area contributed by atoms with Gasteiger partial charge in [-0.15, -0.1) is 0 Å². The Labute approximate surface area is 63.5 Å². The number of hydrogen-bond acceptors (Lipinski definition) is 2. The Bertz CT molecular complexity index is 100. The minimum Gasteiger partial charge on any atom is -0.327 e. The van der Waals surface area contributed by atoms with E-state index in [0.717, 1.165) is 6.54 Å². The third-order valence-corrected chi connectivity index (χ3v) is 1.05. The molecule has 0 spiro atoms. The van der Waals surface area contributed by atoms with Crippen LogP contribution in [0.15, 0.2) is 12.2 Å².